The first-order valence-electron chi connectivity index (χ1n) is 7.55. The molecule has 2 unspecified atom stereocenters. The Morgan fingerprint density at radius 1 is 1.17 bits per heavy atom. The molecule has 18 heavy (non-hydrogen) atoms. The highest BCUT2D eigenvalue weighted by Gasteiger charge is 2.19. The highest BCUT2D eigenvalue weighted by atomic mass is 15.3. The second-order valence-electron chi connectivity index (χ2n) is 6.10. The molecule has 0 radical (unpaired) electrons. The molecule has 0 saturated heterocycles. The summed E-state index contributed by atoms with van der Waals surface area (Å²) in [7, 11) is 0. The SMILES string of the molecule is CC1CCCC(CN=C(NN)NC2CCCC2)C1. The predicted molar refractivity (Wildman–Crippen MR) is 76.1 cm³/mol. The van der Waals surface area contributed by atoms with E-state index in [9.17, 15) is 0 Å². The summed E-state index contributed by atoms with van der Waals surface area (Å²) in [6, 6.07) is 0.574. The molecule has 0 spiro atoms. The highest BCUT2D eigenvalue weighted by Crippen LogP contribution is 2.28. The van der Waals surface area contributed by atoms with Gasteiger partial charge in [-0.1, -0.05) is 32.6 Å². The lowest BCUT2D eigenvalue weighted by molar-refractivity contribution is 0.289. The quantitative estimate of drug-likeness (QED) is 0.312. The van der Waals surface area contributed by atoms with Gasteiger partial charge >= 0.3 is 0 Å². The molecule has 0 bridgehead atoms. The second kappa shape index (κ2) is 6.98. The maximum Gasteiger partial charge on any atom is 0.205 e. The fourth-order valence-corrected chi connectivity index (χ4v) is 3.34. The van der Waals surface area contributed by atoms with Gasteiger partial charge in [0.15, 0.2) is 0 Å². The van der Waals surface area contributed by atoms with E-state index >= 15 is 0 Å². The Hall–Kier alpha value is -0.770. The minimum Gasteiger partial charge on any atom is -0.353 e. The van der Waals surface area contributed by atoms with Crippen molar-refractivity contribution in [1.29, 1.82) is 0 Å². The Bertz CT molecular complexity index is 271. The lowest BCUT2D eigenvalue weighted by Gasteiger charge is -2.25. The van der Waals surface area contributed by atoms with E-state index in [1.54, 1.807) is 0 Å². The van der Waals surface area contributed by atoms with Gasteiger partial charge in [-0.25, -0.2) is 5.84 Å². The number of hydrogen-bond acceptors (Lipinski definition) is 2. The van der Waals surface area contributed by atoms with Crippen LogP contribution in [0.1, 0.15) is 58.3 Å². The van der Waals surface area contributed by atoms with Gasteiger partial charge in [0.25, 0.3) is 0 Å². The van der Waals surface area contributed by atoms with Crippen molar-refractivity contribution in [3.8, 4) is 0 Å². The van der Waals surface area contributed by atoms with Crippen LogP contribution in [0.2, 0.25) is 0 Å². The van der Waals surface area contributed by atoms with Gasteiger partial charge in [-0.05, 0) is 37.5 Å². The summed E-state index contributed by atoms with van der Waals surface area (Å²) in [5, 5.41) is 3.43. The molecule has 2 rings (SSSR count). The third-order valence-electron chi connectivity index (χ3n) is 4.39. The minimum absolute atomic E-state index is 0.574. The van der Waals surface area contributed by atoms with Crippen LogP contribution >= 0.6 is 0 Å². The van der Waals surface area contributed by atoms with Gasteiger partial charge in [-0.2, -0.15) is 0 Å². The summed E-state index contributed by atoms with van der Waals surface area (Å²) in [5.74, 6) is 7.97. The molecule has 2 fully saturated rings. The Morgan fingerprint density at radius 2 is 1.94 bits per heavy atom. The summed E-state index contributed by atoms with van der Waals surface area (Å²) in [4.78, 5) is 4.63. The van der Waals surface area contributed by atoms with Crippen molar-refractivity contribution in [1.82, 2.24) is 10.7 Å². The van der Waals surface area contributed by atoms with Crippen molar-refractivity contribution in [2.24, 2.45) is 22.7 Å². The number of guanidine groups is 1. The van der Waals surface area contributed by atoms with Crippen molar-refractivity contribution >= 4 is 5.96 Å². The normalized spacial score (nSPS) is 30.4. The molecule has 0 aromatic rings. The lowest BCUT2D eigenvalue weighted by Crippen LogP contribution is -2.45. The fraction of sp³-hybridized carbons (Fsp3) is 0.929. The minimum atomic E-state index is 0.574. The molecule has 2 aliphatic rings. The first-order valence-corrected chi connectivity index (χ1v) is 7.55. The number of aliphatic imine (C=N–C) groups is 1. The van der Waals surface area contributed by atoms with Crippen molar-refractivity contribution in [3.63, 3.8) is 0 Å². The third kappa shape index (κ3) is 4.16. The number of rotatable bonds is 3. The Balaban J connectivity index is 1.77. The molecule has 104 valence electrons. The van der Waals surface area contributed by atoms with Crippen LogP contribution < -0.4 is 16.6 Å². The Morgan fingerprint density at radius 3 is 2.61 bits per heavy atom. The maximum atomic E-state index is 5.55. The number of hydrogen-bond donors (Lipinski definition) is 3. The lowest BCUT2D eigenvalue weighted by atomic mass is 9.82. The van der Waals surface area contributed by atoms with Gasteiger partial charge in [-0.3, -0.25) is 10.4 Å². The highest BCUT2D eigenvalue weighted by molar-refractivity contribution is 5.79. The van der Waals surface area contributed by atoms with Gasteiger partial charge in [0.05, 0.1) is 0 Å². The largest absolute Gasteiger partial charge is 0.353 e. The van der Waals surface area contributed by atoms with E-state index in [2.05, 4.69) is 22.7 Å². The summed E-state index contributed by atoms with van der Waals surface area (Å²) >= 11 is 0. The van der Waals surface area contributed by atoms with Crippen molar-refractivity contribution in [2.45, 2.75) is 64.3 Å². The molecule has 0 amide bonds. The predicted octanol–water partition coefficient (Wildman–Crippen LogP) is 2.16. The average molecular weight is 252 g/mol. The molecule has 0 aliphatic heterocycles. The van der Waals surface area contributed by atoms with Crippen LogP contribution in [-0.2, 0) is 0 Å². The Kier molecular flexibility index (Phi) is 5.29. The molecule has 4 N–H and O–H groups in total. The molecule has 0 aromatic heterocycles. The molecule has 2 aliphatic carbocycles. The zero-order chi connectivity index (χ0) is 12.8. The number of nitrogens with one attached hydrogen (secondary N) is 2. The number of nitrogens with two attached hydrogens (primary N) is 1. The average Bonchev–Trinajstić information content (AvgIpc) is 2.87. The van der Waals surface area contributed by atoms with Gasteiger partial charge in [0.1, 0.15) is 0 Å². The van der Waals surface area contributed by atoms with Gasteiger partial charge < -0.3 is 5.32 Å². The monoisotopic (exact) mass is 252 g/mol. The molecule has 2 atom stereocenters. The Labute approximate surface area is 111 Å². The fourth-order valence-electron chi connectivity index (χ4n) is 3.34. The second-order valence-corrected chi connectivity index (χ2v) is 6.10. The summed E-state index contributed by atoms with van der Waals surface area (Å²) in [5.41, 5.74) is 2.72. The van der Waals surface area contributed by atoms with Crippen molar-refractivity contribution in [3.05, 3.63) is 0 Å². The topological polar surface area (TPSA) is 62.4 Å². The third-order valence-corrected chi connectivity index (χ3v) is 4.39. The van der Waals surface area contributed by atoms with Crippen LogP contribution in [0.5, 0.6) is 0 Å². The molecule has 4 heteroatoms. The van der Waals surface area contributed by atoms with E-state index in [0.717, 1.165) is 24.3 Å². The first kappa shape index (κ1) is 13.7. The van der Waals surface area contributed by atoms with Crippen LogP contribution in [0.4, 0.5) is 0 Å². The van der Waals surface area contributed by atoms with E-state index < -0.39 is 0 Å². The zero-order valence-corrected chi connectivity index (χ0v) is 11.6. The van der Waals surface area contributed by atoms with Gasteiger partial charge in [0, 0.05) is 12.6 Å². The zero-order valence-electron chi connectivity index (χ0n) is 11.6. The number of hydrazine groups is 1. The number of nitrogens with zero attached hydrogens (tertiary/aromatic N) is 1. The smallest absolute Gasteiger partial charge is 0.205 e. The molecule has 4 nitrogen and oxygen atoms in total. The standard InChI is InChI=1S/C14H28N4/c1-11-5-4-6-12(9-11)10-16-14(18-15)17-13-7-2-3-8-13/h11-13H,2-10,15H2,1H3,(H2,16,17,18). The van der Waals surface area contributed by atoms with Crippen LogP contribution in [0.25, 0.3) is 0 Å². The van der Waals surface area contributed by atoms with E-state index in [4.69, 9.17) is 5.84 Å². The maximum absolute atomic E-state index is 5.55. The summed E-state index contributed by atoms with van der Waals surface area (Å²) < 4.78 is 0. The van der Waals surface area contributed by atoms with Crippen molar-refractivity contribution < 1.29 is 0 Å². The first-order chi connectivity index (χ1) is 8.78. The van der Waals surface area contributed by atoms with Crippen LogP contribution in [-0.4, -0.2) is 18.5 Å². The van der Waals surface area contributed by atoms with Gasteiger partial charge in [-0.15, -0.1) is 0 Å². The van der Waals surface area contributed by atoms with E-state index in [1.165, 1.54) is 51.4 Å². The van der Waals surface area contributed by atoms with Crippen LogP contribution in [0.3, 0.4) is 0 Å². The van der Waals surface area contributed by atoms with Crippen LogP contribution in [0, 0.1) is 11.8 Å². The van der Waals surface area contributed by atoms with Gasteiger partial charge in [0.2, 0.25) is 5.96 Å². The molecule has 0 aromatic carbocycles. The van der Waals surface area contributed by atoms with Crippen molar-refractivity contribution in [2.75, 3.05) is 6.54 Å². The van der Waals surface area contributed by atoms with E-state index in [-0.39, 0.29) is 0 Å². The summed E-state index contributed by atoms with van der Waals surface area (Å²) in [6.45, 7) is 3.28. The summed E-state index contributed by atoms with van der Waals surface area (Å²) in [6.07, 6.45) is 10.6. The van der Waals surface area contributed by atoms with E-state index in [0.29, 0.717) is 6.04 Å². The molecular weight excluding hydrogens is 224 g/mol. The molecule has 2 saturated carbocycles. The molecular formula is C14H28N4. The molecule has 0 heterocycles. The van der Waals surface area contributed by atoms with E-state index in [1.807, 2.05) is 0 Å². The van der Waals surface area contributed by atoms with Crippen LogP contribution in [0.15, 0.2) is 4.99 Å².